The molecule has 1 N–H and O–H groups in total. The molecule has 4 aromatic rings. The summed E-state index contributed by atoms with van der Waals surface area (Å²) in [6.45, 7) is 15.8. The highest BCUT2D eigenvalue weighted by atomic mass is 16.5. The highest BCUT2D eigenvalue weighted by Gasteiger charge is 2.36. The zero-order chi connectivity index (χ0) is 28.9. The van der Waals surface area contributed by atoms with E-state index in [1.54, 1.807) is 6.33 Å². The van der Waals surface area contributed by atoms with Crippen molar-refractivity contribution in [2.75, 3.05) is 26.3 Å². The second-order valence-electron chi connectivity index (χ2n) is 13.2. The molecule has 0 radical (unpaired) electrons. The Morgan fingerprint density at radius 3 is 2.54 bits per heavy atom. The number of ether oxygens (including phenoxy) is 1. The Hall–Kier alpha value is -3.26. The number of hydrogen-bond acceptors (Lipinski definition) is 5. The minimum atomic E-state index is -0.328. The number of aryl methyl sites for hydroxylation is 1. The lowest BCUT2D eigenvalue weighted by molar-refractivity contribution is -0.145. The van der Waals surface area contributed by atoms with Crippen molar-refractivity contribution >= 4 is 22.6 Å². The summed E-state index contributed by atoms with van der Waals surface area (Å²) in [4.78, 5) is 28.7. The van der Waals surface area contributed by atoms with E-state index in [4.69, 9.17) is 9.72 Å². The van der Waals surface area contributed by atoms with Crippen LogP contribution >= 0.6 is 0 Å². The number of H-pyrrole nitrogens is 1. The van der Waals surface area contributed by atoms with Crippen LogP contribution in [0.15, 0.2) is 24.7 Å². The fourth-order valence-electron chi connectivity index (χ4n) is 7.22. The Kier molecular flexibility index (Phi) is 7.39. The Bertz CT molecular complexity index is 1570. The fourth-order valence-corrected chi connectivity index (χ4v) is 7.22. The summed E-state index contributed by atoms with van der Waals surface area (Å²) in [5.74, 6) is 1.64. The van der Waals surface area contributed by atoms with Crippen molar-refractivity contribution in [1.82, 2.24) is 29.5 Å². The summed E-state index contributed by atoms with van der Waals surface area (Å²) >= 11 is 0. The quantitative estimate of drug-likeness (QED) is 0.291. The van der Waals surface area contributed by atoms with E-state index in [0.29, 0.717) is 31.0 Å². The molecule has 0 aromatic carbocycles. The maximum atomic E-state index is 13.2. The number of morpholine rings is 1. The summed E-state index contributed by atoms with van der Waals surface area (Å²) in [7, 11) is 0. The van der Waals surface area contributed by atoms with Crippen LogP contribution in [0, 0.1) is 25.2 Å². The number of amides is 1. The van der Waals surface area contributed by atoms with Gasteiger partial charge in [-0.05, 0) is 81.0 Å². The molecule has 8 heteroatoms. The van der Waals surface area contributed by atoms with Gasteiger partial charge in [-0.15, -0.1) is 0 Å². The molecule has 2 aliphatic rings. The number of hydrogen-bond donors (Lipinski definition) is 1. The molecule has 2 fully saturated rings. The summed E-state index contributed by atoms with van der Waals surface area (Å²) in [6, 6.07) is 4.45. The molecule has 1 saturated heterocycles. The molecule has 8 nitrogen and oxygen atoms in total. The predicted octanol–water partition coefficient (Wildman–Crippen LogP) is 6.56. The maximum Gasteiger partial charge on any atom is 0.228 e. The van der Waals surface area contributed by atoms with Crippen LogP contribution in [-0.4, -0.2) is 61.7 Å². The molecule has 1 aliphatic carbocycles. The van der Waals surface area contributed by atoms with Gasteiger partial charge in [0.2, 0.25) is 5.91 Å². The van der Waals surface area contributed by atoms with Gasteiger partial charge >= 0.3 is 0 Å². The lowest BCUT2D eigenvalue weighted by atomic mass is 9.72. The highest BCUT2D eigenvalue weighted by molar-refractivity contribution is 5.89. The number of pyridine rings is 2. The van der Waals surface area contributed by atoms with Crippen LogP contribution in [0.3, 0.4) is 0 Å². The first-order valence-electron chi connectivity index (χ1n) is 15.3. The summed E-state index contributed by atoms with van der Waals surface area (Å²) in [5, 5.41) is 4.42. The van der Waals surface area contributed by atoms with Gasteiger partial charge in [-0.2, -0.15) is 5.10 Å². The van der Waals surface area contributed by atoms with Crippen molar-refractivity contribution in [2.24, 2.45) is 11.3 Å². The van der Waals surface area contributed by atoms with E-state index < -0.39 is 0 Å². The maximum absolute atomic E-state index is 13.2. The fraction of sp³-hybridized carbons (Fsp3) is 0.576. The average molecular weight is 557 g/mol. The first kappa shape index (κ1) is 27.9. The number of carbonyl (C=O) groups is 1. The van der Waals surface area contributed by atoms with Crippen LogP contribution in [0.2, 0.25) is 0 Å². The summed E-state index contributed by atoms with van der Waals surface area (Å²) in [5.41, 5.74) is 9.85. The SMILES string of the molecule is Cc1c(-c2[nH]c3ccc(C4CCC(CC(C)(C)C(=O)N5CCOCC5)CC4)nc3c2C(C)C)cn2ncnc2c1C. The van der Waals surface area contributed by atoms with Crippen LogP contribution in [0.4, 0.5) is 0 Å². The number of rotatable bonds is 6. The second kappa shape index (κ2) is 10.9. The molecule has 0 bridgehead atoms. The zero-order valence-corrected chi connectivity index (χ0v) is 25.5. The Balaban J connectivity index is 1.22. The third-order valence-corrected chi connectivity index (χ3v) is 9.62. The summed E-state index contributed by atoms with van der Waals surface area (Å²) < 4.78 is 7.33. The topological polar surface area (TPSA) is 88.4 Å². The predicted molar refractivity (Wildman–Crippen MR) is 162 cm³/mol. The van der Waals surface area contributed by atoms with Crippen LogP contribution in [0.25, 0.3) is 27.9 Å². The Morgan fingerprint density at radius 2 is 1.83 bits per heavy atom. The van der Waals surface area contributed by atoms with Crippen LogP contribution in [0.5, 0.6) is 0 Å². The van der Waals surface area contributed by atoms with E-state index >= 15 is 0 Å². The lowest BCUT2D eigenvalue weighted by Gasteiger charge is -2.37. The van der Waals surface area contributed by atoms with Crippen molar-refractivity contribution < 1.29 is 9.53 Å². The molecule has 4 aromatic heterocycles. The normalized spacial score (nSPS) is 20.4. The minimum absolute atomic E-state index is 0.285. The standard InChI is InChI=1S/C33H44N6O2/c1-20(2)28-29(25-18-39-31(34-19-35-39)22(4)21(25)3)37-27-12-11-26(36-30(27)28)24-9-7-23(8-10-24)17-33(5,6)32(40)38-13-15-41-16-14-38/h11-12,18-20,23-24,37H,7-10,13-17H2,1-6H3. The van der Waals surface area contributed by atoms with Gasteiger partial charge in [0.05, 0.1) is 29.9 Å². The van der Waals surface area contributed by atoms with Gasteiger partial charge in [0.25, 0.3) is 0 Å². The first-order chi connectivity index (χ1) is 19.6. The molecular weight excluding hydrogens is 512 g/mol. The van der Waals surface area contributed by atoms with Crippen molar-refractivity contribution in [3.63, 3.8) is 0 Å². The molecule has 0 spiro atoms. The van der Waals surface area contributed by atoms with E-state index in [1.807, 2.05) is 9.42 Å². The second-order valence-corrected chi connectivity index (χ2v) is 13.2. The van der Waals surface area contributed by atoms with Crippen LogP contribution in [0.1, 0.15) is 94.0 Å². The first-order valence-corrected chi connectivity index (χ1v) is 15.3. The number of nitrogens with one attached hydrogen (secondary N) is 1. The van der Waals surface area contributed by atoms with Gasteiger partial charge < -0.3 is 14.6 Å². The highest BCUT2D eigenvalue weighted by Crippen LogP contribution is 2.42. The molecular formula is C33H44N6O2. The van der Waals surface area contributed by atoms with Crippen LogP contribution in [-0.2, 0) is 9.53 Å². The Morgan fingerprint density at radius 1 is 1.10 bits per heavy atom. The summed E-state index contributed by atoms with van der Waals surface area (Å²) in [6.07, 6.45) is 9.21. The van der Waals surface area contributed by atoms with Gasteiger partial charge in [0.15, 0.2) is 5.65 Å². The molecule has 1 saturated carbocycles. The molecule has 1 amide bonds. The number of aromatic amines is 1. The van der Waals surface area contributed by atoms with Crippen LogP contribution < -0.4 is 0 Å². The number of nitrogens with zero attached hydrogens (tertiary/aromatic N) is 5. The number of fused-ring (bicyclic) bond motifs is 2. The molecule has 6 rings (SSSR count). The Labute approximate surface area is 242 Å². The monoisotopic (exact) mass is 556 g/mol. The van der Waals surface area contributed by atoms with Gasteiger partial charge in [-0.25, -0.2) is 9.50 Å². The van der Waals surface area contributed by atoms with Crippen molar-refractivity contribution in [3.05, 3.63) is 47.0 Å². The molecule has 5 heterocycles. The van der Waals surface area contributed by atoms with E-state index in [2.05, 4.69) is 74.9 Å². The van der Waals surface area contributed by atoms with Crippen molar-refractivity contribution in [2.45, 2.75) is 85.5 Å². The number of aromatic nitrogens is 5. The van der Waals surface area contributed by atoms with Crippen molar-refractivity contribution in [1.29, 1.82) is 0 Å². The molecule has 0 unspecified atom stereocenters. The molecule has 41 heavy (non-hydrogen) atoms. The molecule has 1 aliphatic heterocycles. The van der Waals surface area contributed by atoms with E-state index in [0.717, 1.165) is 78.7 Å². The minimum Gasteiger partial charge on any atom is -0.378 e. The molecule has 218 valence electrons. The van der Waals surface area contributed by atoms with Gasteiger partial charge in [0.1, 0.15) is 6.33 Å². The van der Waals surface area contributed by atoms with E-state index in [1.165, 1.54) is 16.8 Å². The van der Waals surface area contributed by atoms with Crippen molar-refractivity contribution in [3.8, 4) is 11.3 Å². The molecule has 0 atom stereocenters. The lowest BCUT2D eigenvalue weighted by Crippen LogP contribution is -2.47. The van der Waals surface area contributed by atoms with E-state index in [9.17, 15) is 4.79 Å². The smallest absolute Gasteiger partial charge is 0.228 e. The zero-order valence-electron chi connectivity index (χ0n) is 25.5. The van der Waals surface area contributed by atoms with E-state index in [-0.39, 0.29) is 11.3 Å². The third-order valence-electron chi connectivity index (χ3n) is 9.62. The van der Waals surface area contributed by atoms with Gasteiger partial charge in [-0.1, -0.05) is 27.7 Å². The van der Waals surface area contributed by atoms with Gasteiger partial charge in [-0.3, -0.25) is 9.78 Å². The number of carbonyl (C=O) groups excluding carboxylic acids is 1. The average Bonchev–Trinajstić information content (AvgIpc) is 3.59. The largest absolute Gasteiger partial charge is 0.378 e. The third kappa shape index (κ3) is 5.16. The van der Waals surface area contributed by atoms with Gasteiger partial charge in [0, 0.05) is 47.4 Å².